The van der Waals surface area contributed by atoms with Crippen LogP contribution in [0.5, 0.6) is 5.75 Å². The summed E-state index contributed by atoms with van der Waals surface area (Å²) in [6.07, 6.45) is 6.08. The van der Waals surface area contributed by atoms with E-state index in [4.69, 9.17) is 9.84 Å². The molecule has 0 spiro atoms. The second-order valence-electron chi connectivity index (χ2n) is 4.06. The normalized spacial score (nSPS) is 16.3. The molecule has 16 heavy (non-hydrogen) atoms. The van der Waals surface area contributed by atoms with Crippen molar-refractivity contribution >= 4 is 5.97 Å². The van der Waals surface area contributed by atoms with Crippen LogP contribution in [0.15, 0.2) is 12.3 Å². The van der Waals surface area contributed by atoms with E-state index in [-0.39, 0.29) is 5.56 Å². The Labute approximate surface area is 94.3 Å². The third-order valence-corrected chi connectivity index (χ3v) is 3.11. The number of nitrogens with zero attached hydrogens (tertiary/aromatic N) is 1. The van der Waals surface area contributed by atoms with Gasteiger partial charge in [-0.25, -0.2) is 4.79 Å². The lowest BCUT2D eigenvalue weighted by molar-refractivity contribution is 0.0693. The summed E-state index contributed by atoms with van der Waals surface area (Å²) < 4.78 is 5.21. The fourth-order valence-corrected chi connectivity index (χ4v) is 2.34. The maximum absolute atomic E-state index is 11.0. The van der Waals surface area contributed by atoms with Crippen molar-refractivity contribution in [1.82, 2.24) is 4.98 Å². The van der Waals surface area contributed by atoms with Gasteiger partial charge in [-0.05, 0) is 18.9 Å². The second-order valence-corrected chi connectivity index (χ2v) is 4.06. The van der Waals surface area contributed by atoms with Crippen LogP contribution in [0.25, 0.3) is 0 Å². The molecule has 1 aliphatic rings. The Kier molecular flexibility index (Phi) is 3.08. The van der Waals surface area contributed by atoms with Crippen LogP contribution in [0.2, 0.25) is 0 Å². The largest absolute Gasteiger partial charge is 0.494 e. The Balaban J connectivity index is 2.43. The summed E-state index contributed by atoms with van der Waals surface area (Å²) in [7, 11) is 1.50. The Morgan fingerprint density at radius 1 is 1.50 bits per heavy atom. The molecule has 4 nitrogen and oxygen atoms in total. The molecule has 1 aliphatic carbocycles. The zero-order valence-electron chi connectivity index (χ0n) is 9.27. The van der Waals surface area contributed by atoms with Gasteiger partial charge in [0, 0.05) is 12.1 Å². The first-order chi connectivity index (χ1) is 7.74. The molecule has 1 aromatic rings. The van der Waals surface area contributed by atoms with E-state index in [1.165, 1.54) is 26.0 Å². The Bertz CT molecular complexity index is 397. The zero-order chi connectivity index (χ0) is 11.5. The van der Waals surface area contributed by atoms with Gasteiger partial charge in [-0.2, -0.15) is 0 Å². The zero-order valence-corrected chi connectivity index (χ0v) is 9.27. The third-order valence-electron chi connectivity index (χ3n) is 3.11. The minimum atomic E-state index is -0.960. The number of carboxylic acids is 1. The van der Waals surface area contributed by atoms with Gasteiger partial charge < -0.3 is 9.84 Å². The van der Waals surface area contributed by atoms with Gasteiger partial charge in [0.25, 0.3) is 0 Å². The first kappa shape index (κ1) is 10.9. The fraction of sp³-hybridized carbons (Fsp3) is 0.500. The van der Waals surface area contributed by atoms with Gasteiger partial charge >= 0.3 is 5.97 Å². The maximum atomic E-state index is 11.0. The van der Waals surface area contributed by atoms with Crippen molar-refractivity contribution in [2.75, 3.05) is 7.11 Å². The fourth-order valence-electron chi connectivity index (χ4n) is 2.34. The van der Waals surface area contributed by atoms with Crippen molar-refractivity contribution in [2.45, 2.75) is 31.6 Å². The standard InChI is InChI=1S/C12H15NO3/c1-16-11-9(12(14)15)6-7-13-10(11)8-4-2-3-5-8/h6-8H,2-5H2,1H3,(H,14,15). The van der Waals surface area contributed by atoms with E-state index in [9.17, 15) is 4.79 Å². The molecule has 0 radical (unpaired) electrons. The van der Waals surface area contributed by atoms with Crippen molar-refractivity contribution in [3.8, 4) is 5.75 Å². The summed E-state index contributed by atoms with van der Waals surface area (Å²) in [5, 5.41) is 9.06. The van der Waals surface area contributed by atoms with E-state index in [1.807, 2.05) is 0 Å². The number of pyridine rings is 1. The number of carboxylic acid groups (broad SMARTS) is 1. The summed E-state index contributed by atoms with van der Waals surface area (Å²) in [4.78, 5) is 15.3. The van der Waals surface area contributed by atoms with Gasteiger partial charge in [-0.1, -0.05) is 12.8 Å². The molecule has 86 valence electrons. The first-order valence-corrected chi connectivity index (χ1v) is 5.50. The van der Waals surface area contributed by atoms with E-state index >= 15 is 0 Å². The lowest BCUT2D eigenvalue weighted by Crippen LogP contribution is -2.07. The molecule has 1 aromatic heterocycles. The van der Waals surface area contributed by atoms with Crippen LogP contribution in [0.1, 0.15) is 47.7 Å². The average Bonchev–Trinajstić information content (AvgIpc) is 2.81. The molecule has 0 amide bonds. The van der Waals surface area contributed by atoms with Gasteiger partial charge in [-0.3, -0.25) is 4.98 Å². The highest BCUT2D eigenvalue weighted by Crippen LogP contribution is 2.38. The van der Waals surface area contributed by atoms with Gasteiger partial charge in [0.2, 0.25) is 0 Å². The van der Waals surface area contributed by atoms with Crippen molar-refractivity contribution in [1.29, 1.82) is 0 Å². The number of aromatic nitrogens is 1. The van der Waals surface area contributed by atoms with E-state index in [1.54, 1.807) is 6.20 Å². The van der Waals surface area contributed by atoms with Crippen LogP contribution in [0, 0.1) is 0 Å². The number of carbonyl (C=O) groups is 1. The van der Waals surface area contributed by atoms with Crippen LogP contribution in [0.3, 0.4) is 0 Å². The quantitative estimate of drug-likeness (QED) is 0.851. The van der Waals surface area contributed by atoms with E-state index in [0.29, 0.717) is 11.7 Å². The highest BCUT2D eigenvalue weighted by Gasteiger charge is 2.25. The Morgan fingerprint density at radius 2 is 2.19 bits per heavy atom. The lowest BCUT2D eigenvalue weighted by Gasteiger charge is -2.14. The minimum Gasteiger partial charge on any atom is -0.494 e. The molecule has 1 N–H and O–H groups in total. The summed E-state index contributed by atoms with van der Waals surface area (Å²) in [6, 6.07) is 1.49. The summed E-state index contributed by atoms with van der Waals surface area (Å²) in [5.41, 5.74) is 1.01. The Morgan fingerprint density at radius 3 is 2.75 bits per heavy atom. The molecule has 0 aromatic carbocycles. The van der Waals surface area contributed by atoms with Crippen molar-refractivity contribution in [3.63, 3.8) is 0 Å². The lowest BCUT2D eigenvalue weighted by atomic mass is 10.0. The van der Waals surface area contributed by atoms with E-state index in [0.717, 1.165) is 18.5 Å². The molecule has 0 unspecified atom stereocenters. The molecular formula is C12H15NO3. The monoisotopic (exact) mass is 221 g/mol. The van der Waals surface area contributed by atoms with Crippen LogP contribution in [-0.4, -0.2) is 23.2 Å². The molecule has 1 heterocycles. The molecule has 0 bridgehead atoms. The number of rotatable bonds is 3. The van der Waals surface area contributed by atoms with Crippen molar-refractivity contribution in [3.05, 3.63) is 23.5 Å². The first-order valence-electron chi connectivity index (χ1n) is 5.50. The molecule has 1 saturated carbocycles. The molecular weight excluding hydrogens is 206 g/mol. The highest BCUT2D eigenvalue weighted by molar-refractivity contribution is 5.91. The van der Waals surface area contributed by atoms with Gasteiger partial charge in [-0.15, -0.1) is 0 Å². The molecule has 1 fully saturated rings. The van der Waals surface area contributed by atoms with Gasteiger partial charge in [0.1, 0.15) is 5.56 Å². The highest BCUT2D eigenvalue weighted by atomic mass is 16.5. The predicted octanol–water partition coefficient (Wildman–Crippen LogP) is 2.45. The number of hydrogen-bond acceptors (Lipinski definition) is 3. The van der Waals surface area contributed by atoms with Crippen molar-refractivity contribution in [2.24, 2.45) is 0 Å². The molecule has 0 saturated heterocycles. The Hall–Kier alpha value is -1.58. The maximum Gasteiger partial charge on any atom is 0.339 e. The van der Waals surface area contributed by atoms with E-state index < -0.39 is 5.97 Å². The van der Waals surface area contributed by atoms with E-state index in [2.05, 4.69) is 4.98 Å². The molecule has 2 rings (SSSR count). The topological polar surface area (TPSA) is 59.4 Å². The van der Waals surface area contributed by atoms with Crippen LogP contribution >= 0.6 is 0 Å². The molecule has 4 heteroatoms. The van der Waals surface area contributed by atoms with Gasteiger partial charge in [0.05, 0.1) is 12.8 Å². The van der Waals surface area contributed by atoms with Crippen molar-refractivity contribution < 1.29 is 14.6 Å². The molecule has 0 aliphatic heterocycles. The average molecular weight is 221 g/mol. The number of ether oxygens (including phenoxy) is 1. The second kappa shape index (κ2) is 4.51. The number of hydrogen-bond donors (Lipinski definition) is 1. The SMILES string of the molecule is COc1c(C(=O)O)ccnc1C1CCCC1. The smallest absolute Gasteiger partial charge is 0.339 e. The third kappa shape index (κ3) is 1.87. The van der Waals surface area contributed by atoms with Gasteiger partial charge in [0.15, 0.2) is 5.75 Å². The van der Waals surface area contributed by atoms with Crippen LogP contribution in [-0.2, 0) is 0 Å². The number of aromatic carboxylic acids is 1. The number of methoxy groups -OCH3 is 1. The summed E-state index contributed by atoms with van der Waals surface area (Å²) >= 11 is 0. The molecule has 0 atom stereocenters. The van der Waals surface area contributed by atoms with Crippen LogP contribution < -0.4 is 4.74 Å². The minimum absolute atomic E-state index is 0.208. The predicted molar refractivity (Wildman–Crippen MR) is 59.0 cm³/mol. The van der Waals surface area contributed by atoms with Crippen LogP contribution in [0.4, 0.5) is 0 Å². The summed E-state index contributed by atoms with van der Waals surface area (Å²) in [6.45, 7) is 0. The summed E-state index contributed by atoms with van der Waals surface area (Å²) in [5.74, 6) is -0.172.